The van der Waals surface area contributed by atoms with Gasteiger partial charge in [0.15, 0.2) is 0 Å². The minimum absolute atomic E-state index is 0.00619. The number of nitrogens with one attached hydrogen (secondary N) is 1. The summed E-state index contributed by atoms with van der Waals surface area (Å²) >= 11 is 0. The molecule has 2 heterocycles. The highest BCUT2D eigenvalue weighted by Gasteiger charge is 2.32. The molecule has 0 bridgehead atoms. The summed E-state index contributed by atoms with van der Waals surface area (Å²) in [5, 5.41) is 3.60. The third-order valence-corrected chi connectivity index (χ3v) is 3.92. The maximum absolute atomic E-state index is 5.85. The molecular weight excluding hydrogens is 262 g/mol. The highest BCUT2D eigenvalue weighted by atomic mass is 16.4. The predicted octanol–water partition coefficient (Wildman–Crippen LogP) is 3.61. The van der Waals surface area contributed by atoms with Gasteiger partial charge in [-0.3, -0.25) is 4.98 Å². The number of nitrogens with zero attached hydrogens (tertiary/aromatic N) is 2. The fourth-order valence-electron chi connectivity index (χ4n) is 2.49. The molecule has 0 amide bonds. The second-order valence-corrected chi connectivity index (χ2v) is 6.84. The van der Waals surface area contributed by atoms with Crippen LogP contribution in [0, 0.1) is 5.92 Å². The molecule has 0 aliphatic heterocycles. The van der Waals surface area contributed by atoms with Crippen molar-refractivity contribution in [1.29, 1.82) is 0 Å². The van der Waals surface area contributed by atoms with Crippen molar-refractivity contribution in [2.24, 2.45) is 5.92 Å². The highest BCUT2D eigenvalue weighted by molar-refractivity contribution is 5.18. The minimum Gasteiger partial charge on any atom is -0.444 e. The van der Waals surface area contributed by atoms with Gasteiger partial charge in [-0.2, -0.15) is 0 Å². The molecule has 1 saturated carbocycles. The van der Waals surface area contributed by atoms with Gasteiger partial charge in [0, 0.05) is 23.9 Å². The van der Waals surface area contributed by atoms with E-state index in [0.717, 1.165) is 17.6 Å². The van der Waals surface area contributed by atoms with Crippen LogP contribution in [0.3, 0.4) is 0 Å². The van der Waals surface area contributed by atoms with Crippen molar-refractivity contribution in [2.75, 3.05) is 0 Å². The zero-order valence-corrected chi connectivity index (χ0v) is 13.0. The lowest BCUT2D eigenvalue weighted by molar-refractivity contribution is 0.360. The molecular formula is C17H23N3O. The minimum atomic E-state index is 0.00619. The van der Waals surface area contributed by atoms with Crippen LogP contribution in [0.5, 0.6) is 0 Å². The standard InChI is InChI=1S/C17H23N3O/c1-17(2,3)14-10-19-15(21-14)11-20-16(12-4-5-12)13-6-8-18-9-7-13/h6-10,12,16,20H,4-5,11H2,1-3H3. The number of rotatable bonds is 5. The second-order valence-electron chi connectivity index (χ2n) is 6.84. The largest absolute Gasteiger partial charge is 0.444 e. The van der Waals surface area contributed by atoms with Gasteiger partial charge in [-0.1, -0.05) is 20.8 Å². The van der Waals surface area contributed by atoms with Gasteiger partial charge < -0.3 is 9.73 Å². The third-order valence-electron chi connectivity index (χ3n) is 3.92. The van der Waals surface area contributed by atoms with E-state index in [0.29, 0.717) is 12.6 Å². The molecule has 2 aromatic heterocycles. The van der Waals surface area contributed by atoms with E-state index in [4.69, 9.17) is 4.42 Å². The zero-order valence-electron chi connectivity index (χ0n) is 13.0. The predicted molar refractivity (Wildman–Crippen MR) is 81.7 cm³/mol. The van der Waals surface area contributed by atoms with Crippen LogP contribution in [0.15, 0.2) is 35.1 Å². The van der Waals surface area contributed by atoms with E-state index in [2.05, 4.69) is 48.2 Å². The smallest absolute Gasteiger partial charge is 0.208 e. The Labute approximate surface area is 126 Å². The molecule has 0 aromatic carbocycles. The van der Waals surface area contributed by atoms with Crippen LogP contribution in [0.25, 0.3) is 0 Å². The Hall–Kier alpha value is -1.68. The van der Waals surface area contributed by atoms with Gasteiger partial charge in [-0.25, -0.2) is 4.98 Å². The number of aromatic nitrogens is 2. The number of pyridine rings is 1. The average molecular weight is 285 g/mol. The third kappa shape index (κ3) is 3.50. The maximum atomic E-state index is 5.85. The molecule has 3 rings (SSSR count). The lowest BCUT2D eigenvalue weighted by Crippen LogP contribution is -2.22. The van der Waals surface area contributed by atoms with Crippen molar-refractivity contribution in [3.63, 3.8) is 0 Å². The number of hydrogen-bond donors (Lipinski definition) is 1. The number of hydrogen-bond acceptors (Lipinski definition) is 4. The van der Waals surface area contributed by atoms with Gasteiger partial charge in [0.1, 0.15) is 5.76 Å². The summed E-state index contributed by atoms with van der Waals surface area (Å²) in [6.45, 7) is 7.07. The molecule has 4 nitrogen and oxygen atoms in total. The van der Waals surface area contributed by atoms with E-state index in [-0.39, 0.29) is 5.41 Å². The fourth-order valence-corrected chi connectivity index (χ4v) is 2.49. The Morgan fingerprint density at radius 3 is 2.57 bits per heavy atom. The summed E-state index contributed by atoms with van der Waals surface area (Å²) in [7, 11) is 0. The van der Waals surface area contributed by atoms with E-state index in [1.807, 2.05) is 18.6 Å². The van der Waals surface area contributed by atoms with Crippen LogP contribution in [0.4, 0.5) is 0 Å². The van der Waals surface area contributed by atoms with Crippen LogP contribution in [0.2, 0.25) is 0 Å². The molecule has 2 aromatic rings. The second kappa shape index (κ2) is 5.60. The first-order valence-electron chi connectivity index (χ1n) is 7.62. The van der Waals surface area contributed by atoms with E-state index < -0.39 is 0 Å². The lowest BCUT2D eigenvalue weighted by Gasteiger charge is -2.17. The summed E-state index contributed by atoms with van der Waals surface area (Å²) in [6, 6.07) is 4.55. The Morgan fingerprint density at radius 2 is 2.00 bits per heavy atom. The molecule has 0 radical (unpaired) electrons. The molecule has 112 valence electrons. The van der Waals surface area contributed by atoms with Crippen molar-refractivity contribution in [1.82, 2.24) is 15.3 Å². The lowest BCUT2D eigenvalue weighted by atomic mass is 9.94. The quantitative estimate of drug-likeness (QED) is 0.911. The van der Waals surface area contributed by atoms with Gasteiger partial charge in [-0.05, 0) is 36.5 Å². The van der Waals surface area contributed by atoms with Gasteiger partial charge >= 0.3 is 0 Å². The van der Waals surface area contributed by atoms with Gasteiger partial charge in [-0.15, -0.1) is 0 Å². The van der Waals surface area contributed by atoms with E-state index >= 15 is 0 Å². The molecule has 1 fully saturated rings. The molecule has 1 aliphatic rings. The summed E-state index contributed by atoms with van der Waals surface area (Å²) in [5.41, 5.74) is 1.31. The highest BCUT2D eigenvalue weighted by Crippen LogP contribution is 2.41. The van der Waals surface area contributed by atoms with Crippen molar-refractivity contribution in [2.45, 2.75) is 51.6 Å². The topological polar surface area (TPSA) is 51.0 Å². The zero-order chi connectivity index (χ0) is 14.9. The van der Waals surface area contributed by atoms with E-state index in [1.165, 1.54) is 18.4 Å². The fraction of sp³-hybridized carbons (Fsp3) is 0.529. The van der Waals surface area contributed by atoms with Crippen LogP contribution < -0.4 is 5.32 Å². The Balaban J connectivity index is 1.66. The van der Waals surface area contributed by atoms with Crippen LogP contribution in [-0.4, -0.2) is 9.97 Å². The molecule has 0 spiro atoms. The van der Waals surface area contributed by atoms with Crippen molar-refractivity contribution >= 4 is 0 Å². The summed E-state index contributed by atoms with van der Waals surface area (Å²) in [6.07, 6.45) is 8.14. The van der Waals surface area contributed by atoms with Gasteiger partial charge in [0.2, 0.25) is 5.89 Å². The molecule has 1 aliphatic carbocycles. The van der Waals surface area contributed by atoms with Crippen molar-refractivity contribution < 1.29 is 4.42 Å². The molecule has 1 N–H and O–H groups in total. The van der Waals surface area contributed by atoms with Crippen LogP contribution >= 0.6 is 0 Å². The van der Waals surface area contributed by atoms with E-state index in [1.54, 1.807) is 0 Å². The van der Waals surface area contributed by atoms with Gasteiger partial charge in [0.05, 0.1) is 12.7 Å². The Morgan fingerprint density at radius 1 is 1.29 bits per heavy atom. The van der Waals surface area contributed by atoms with Gasteiger partial charge in [0.25, 0.3) is 0 Å². The molecule has 1 atom stereocenters. The summed E-state index contributed by atoms with van der Waals surface area (Å²) in [5.74, 6) is 2.43. The van der Waals surface area contributed by atoms with Crippen molar-refractivity contribution in [3.05, 3.63) is 47.9 Å². The molecule has 4 heteroatoms. The average Bonchev–Trinajstić information content (AvgIpc) is 3.16. The number of oxazole rings is 1. The van der Waals surface area contributed by atoms with Crippen LogP contribution in [0.1, 0.15) is 56.9 Å². The molecule has 21 heavy (non-hydrogen) atoms. The Bertz CT molecular complexity index is 582. The maximum Gasteiger partial charge on any atom is 0.208 e. The first kappa shape index (κ1) is 14.3. The molecule has 1 unspecified atom stereocenters. The van der Waals surface area contributed by atoms with E-state index in [9.17, 15) is 0 Å². The monoisotopic (exact) mass is 285 g/mol. The van der Waals surface area contributed by atoms with Crippen LogP contribution in [-0.2, 0) is 12.0 Å². The first-order chi connectivity index (χ1) is 10.0. The summed E-state index contributed by atoms with van der Waals surface area (Å²) < 4.78 is 5.85. The van der Waals surface area contributed by atoms with Crippen molar-refractivity contribution in [3.8, 4) is 0 Å². The normalized spacial score (nSPS) is 16.9. The SMILES string of the molecule is CC(C)(C)c1cnc(CNC(c2ccncc2)C2CC2)o1. The first-order valence-corrected chi connectivity index (χ1v) is 7.62. The summed E-state index contributed by atoms with van der Waals surface area (Å²) in [4.78, 5) is 8.48. The Kier molecular flexibility index (Phi) is 3.81. The molecule has 0 saturated heterocycles.